The molecule has 0 fully saturated rings. The Morgan fingerprint density at radius 3 is 2.31 bits per heavy atom. The van der Waals surface area contributed by atoms with Crippen LogP contribution < -0.4 is 15.2 Å². The minimum atomic E-state index is -0.441. The number of rotatable bonds is 11. The Morgan fingerprint density at radius 1 is 0.861 bits per heavy atom. The topological polar surface area (TPSA) is 100 Å². The van der Waals surface area contributed by atoms with Crippen LogP contribution in [0.25, 0.3) is 0 Å². The Kier molecular flexibility index (Phi) is 9.56. The number of anilines is 1. The minimum absolute atomic E-state index is 0.111. The SMILES string of the molecule is CCOC(=O)Cc1ccc(OC)c(Oc2ccc(N)cc2CN(CC)C(=O)OCc2ccccc2)c1. The third kappa shape index (κ3) is 7.40. The maximum absolute atomic E-state index is 12.8. The highest BCUT2D eigenvalue weighted by Gasteiger charge is 2.18. The van der Waals surface area contributed by atoms with Crippen LogP contribution in [0.5, 0.6) is 17.2 Å². The summed E-state index contributed by atoms with van der Waals surface area (Å²) in [6.45, 7) is 4.80. The first-order chi connectivity index (χ1) is 17.4. The number of nitrogens with zero attached hydrogens (tertiary/aromatic N) is 1. The van der Waals surface area contributed by atoms with Gasteiger partial charge in [-0.1, -0.05) is 36.4 Å². The summed E-state index contributed by atoms with van der Waals surface area (Å²) in [6.07, 6.45) is -0.330. The molecular weight excluding hydrogens is 460 g/mol. The number of amides is 1. The van der Waals surface area contributed by atoms with Crippen molar-refractivity contribution in [3.8, 4) is 17.2 Å². The molecule has 0 aliphatic heterocycles. The molecule has 0 saturated heterocycles. The molecule has 0 saturated carbocycles. The zero-order valence-corrected chi connectivity index (χ0v) is 20.9. The van der Waals surface area contributed by atoms with E-state index in [1.807, 2.05) is 37.3 Å². The van der Waals surface area contributed by atoms with E-state index in [0.29, 0.717) is 41.7 Å². The lowest BCUT2D eigenvalue weighted by molar-refractivity contribution is -0.142. The Bertz CT molecular complexity index is 1170. The van der Waals surface area contributed by atoms with Crippen molar-refractivity contribution >= 4 is 17.7 Å². The van der Waals surface area contributed by atoms with Gasteiger partial charge in [-0.2, -0.15) is 0 Å². The van der Waals surface area contributed by atoms with E-state index >= 15 is 0 Å². The van der Waals surface area contributed by atoms with E-state index in [9.17, 15) is 9.59 Å². The van der Waals surface area contributed by atoms with Gasteiger partial charge in [0, 0.05) is 17.8 Å². The van der Waals surface area contributed by atoms with E-state index in [1.165, 1.54) is 0 Å². The number of esters is 1. The predicted molar refractivity (Wildman–Crippen MR) is 137 cm³/mol. The lowest BCUT2D eigenvalue weighted by Gasteiger charge is -2.22. The van der Waals surface area contributed by atoms with Crippen molar-refractivity contribution in [3.05, 3.63) is 83.4 Å². The lowest BCUT2D eigenvalue weighted by Crippen LogP contribution is -2.31. The van der Waals surface area contributed by atoms with Crippen molar-refractivity contribution in [1.29, 1.82) is 0 Å². The zero-order chi connectivity index (χ0) is 25.9. The van der Waals surface area contributed by atoms with Gasteiger partial charge in [0.2, 0.25) is 0 Å². The molecule has 0 atom stereocenters. The van der Waals surface area contributed by atoms with Crippen molar-refractivity contribution in [3.63, 3.8) is 0 Å². The quantitative estimate of drug-likeness (QED) is 0.285. The van der Waals surface area contributed by atoms with E-state index in [0.717, 1.165) is 11.1 Å². The van der Waals surface area contributed by atoms with Gasteiger partial charge in [-0.25, -0.2) is 4.79 Å². The number of nitrogen functional groups attached to an aromatic ring is 1. The molecule has 3 rings (SSSR count). The van der Waals surface area contributed by atoms with Crippen LogP contribution in [0.1, 0.15) is 30.5 Å². The Labute approximate surface area is 211 Å². The normalized spacial score (nSPS) is 10.4. The maximum atomic E-state index is 12.8. The van der Waals surface area contributed by atoms with Gasteiger partial charge in [0.05, 0.1) is 26.7 Å². The van der Waals surface area contributed by atoms with E-state index in [1.54, 1.807) is 55.3 Å². The molecule has 8 nitrogen and oxygen atoms in total. The number of hydrogen-bond acceptors (Lipinski definition) is 7. The number of hydrogen-bond donors (Lipinski definition) is 1. The van der Waals surface area contributed by atoms with Crippen LogP contribution in [-0.2, 0) is 33.8 Å². The molecule has 0 radical (unpaired) electrons. The molecule has 190 valence electrons. The monoisotopic (exact) mass is 492 g/mol. The summed E-state index contributed by atoms with van der Waals surface area (Å²) in [5.74, 6) is 1.11. The fourth-order valence-electron chi connectivity index (χ4n) is 3.55. The summed E-state index contributed by atoms with van der Waals surface area (Å²) in [5, 5.41) is 0. The second-order valence-corrected chi connectivity index (χ2v) is 7.99. The summed E-state index contributed by atoms with van der Waals surface area (Å²) < 4.78 is 22.2. The van der Waals surface area contributed by atoms with Gasteiger partial charge in [-0.15, -0.1) is 0 Å². The van der Waals surface area contributed by atoms with Crippen LogP contribution in [0, 0.1) is 0 Å². The van der Waals surface area contributed by atoms with Gasteiger partial charge in [-0.3, -0.25) is 4.79 Å². The number of ether oxygens (including phenoxy) is 4. The standard InChI is InChI=1S/C28H32N2O6/c1-4-30(28(32)35-19-20-9-7-6-8-10-20)18-22-17-23(29)12-14-24(22)36-26-15-21(11-13-25(26)33-3)16-27(31)34-5-2/h6-15,17H,4-5,16,18-19,29H2,1-3H3. The van der Waals surface area contributed by atoms with Crippen LogP contribution in [-0.4, -0.2) is 37.2 Å². The van der Waals surface area contributed by atoms with Crippen LogP contribution in [0.3, 0.4) is 0 Å². The second kappa shape index (κ2) is 13.0. The number of carbonyl (C=O) groups is 2. The van der Waals surface area contributed by atoms with Gasteiger partial charge >= 0.3 is 12.1 Å². The first kappa shape index (κ1) is 26.4. The molecule has 0 bridgehead atoms. The Balaban J connectivity index is 1.79. The summed E-state index contributed by atoms with van der Waals surface area (Å²) in [6, 6.07) is 20.0. The molecule has 3 aromatic carbocycles. The van der Waals surface area contributed by atoms with Gasteiger partial charge in [0.25, 0.3) is 0 Å². The fraction of sp³-hybridized carbons (Fsp3) is 0.286. The lowest BCUT2D eigenvalue weighted by atomic mass is 10.1. The van der Waals surface area contributed by atoms with Crippen LogP contribution in [0.15, 0.2) is 66.7 Å². The number of methoxy groups -OCH3 is 1. The molecule has 0 aromatic heterocycles. The van der Waals surface area contributed by atoms with Crippen molar-refractivity contribution in [2.45, 2.75) is 33.4 Å². The molecule has 3 aromatic rings. The first-order valence-electron chi connectivity index (χ1n) is 11.8. The molecular formula is C28H32N2O6. The van der Waals surface area contributed by atoms with Crippen LogP contribution in [0.2, 0.25) is 0 Å². The van der Waals surface area contributed by atoms with Crippen molar-refractivity contribution < 1.29 is 28.5 Å². The predicted octanol–water partition coefficient (Wildman–Crippen LogP) is 5.33. The smallest absolute Gasteiger partial charge is 0.410 e. The van der Waals surface area contributed by atoms with Gasteiger partial charge in [0.15, 0.2) is 11.5 Å². The molecule has 2 N–H and O–H groups in total. The Morgan fingerprint density at radius 2 is 1.61 bits per heavy atom. The van der Waals surface area contributed by atoms with E-state index in [-0.39, 0.29) is 25.5 Å². The summed E-state index contributed by atoms with van der Waals surface area (Å²) in [5.41, 5.74) is 8.91. The summed E-state index contributed by atoms with van der Waals surface area (Å²) in [7, 11) is 1.54. The summed E-state index contributed by atoms with van der Waals surface area (Å²) >= 11 is 0. The highest BCUT2D eigenvalue weighted by atomic mass is 16.6. The van der Waals surface area contributed by atoms with Gasteiger partial charge in [-0.05, 0) is 55.3 Å². The highest BCUT2D eigenvalue weighted by molar-refractivity contribution is 5.73. The van der Waals surface area contributed by atoms with Crippen molar-refractivity contribution in [1.82, 2.24) is 4.90 Å². The number of carbonyl (C=O) groups excluding carboxylic acids is 2. The second-order valence-electron chi connectivity index (χ2n) is 7.99. The average molecular weight is 493 g/mol. The summed E-state index contributed by atoms with van der Waals surface area (Å²) in [4.78, 5) is 26.3. The number of benzene rings is 3. The third-order valence-corrected chi connectivity index (χ3v) is 5.39. The molecule has 0 aliphatic rings. The molecule has 36 heavy (non-hydrogen) atoms. The van der Waals surface area contributed by atoms with E-state index in [2.05, 4.69) is 0 Å². The van der Waals surface area contributed by atoms with Crippen LogP contribution >= 0.6 is 0 Å². The van der Waals surface area contributed by atoms with Gasteiger partial charge in [0.1, 0.15) is 12.4 Å². The maximum Gasteiger partial charge on any atom is 0.410 e. The molecule has 0 heterocycles. The van der Waals surface area contributed by atoms with Crippen molar-refractivity contribution in [2.24, 2.45) is 0 Å². The number of nitrogens with two attached hydrogens (primary N) is 1. The van der Waals surface area contributed by atoms with E-state index < -0.39 is 6.09 Å². The van der Waals surface area contributed by atoms with Crippen molar-refractivity contribution in [2.75, 3.05) is 26.0 Å². The molecule has 0 aliphatic carbocycles. The third-order valence-electron chi connectivity index (χ3n) is 5.39. The minimum Gasteiger partial charge on any atom is -0.493 e. The molecule has 1 amide bonds. The average Bonchev–Trinajstić information content (AvgIpc) is 2.88. The first-order valence-corrected chi connectivity index (χ1v) is 11.8. The fourth-order valence-corrected chi connectivity index (χ4v) is 3.55. The molecule has 0 spiro atoms. The molecule has 0 unspecified atom stereocenters. The van der Waals surface area contributed by atoms with E-state index in [4.69, 9.17) is 24.7 Å². The highest BCUT2D eigenvalue weighted by Crippen LogP contribution is 2.35. The van der Waals surface area contributed by atoms with Gasteiger partial charge < -0.3 is 29.6 Å². The van der Waals surface area contributed by atoms with Crippen LogP contribution in [0.4, 0.5) is 10.5 Å². The molecule has 8 heteroatoms. The largest absolute Gasteiger partial charge is 0.493 e. The zero-order valence-electron chi connectivity index (χ0n) is 20.9. The Hall–Kier alpha value is -4.20.